The number of aryl methyl sites for hydroxylation is 1. The molecular weight excluding hydrogens is 319 g/mol. The van der Waals surface area contributed by atoms with E-state index >= 15 is 0 Å². The number of para-hydroxylation sites is 1. The zero-order valence-electron chi connectivity index (χ0n) is 14.4. The second kappa shape index (κ2) is 6.98. The van der Waals surface area contributed by atoms with Gasteiger partial charge in [0.05, 0.1) is 12.5 Å². The molecule has 0 amide bonds. The monoisotopic (exact) mass is 342 g/mol. The Morgan fingerprint density at radius 2 is 2.24 bits per heavy atom. The summed E-state index contributed by atoms with van der Waals surface area (Å²) in [6, 6.07) is 8.23. The molecule has 25 heavy (non-hydrogen) atoms. The first-order valence-electron chi connectivity index (χ1n) is 8.70. The summed E-state index contributed by atoms with van der Waals surface area (Å²) in [5.41, 5.74) is 3.17. The largest absolute Gasteiger partial charge is 0.464 e. The highest BCUT2D eigenvalue weighted by molar-refractivity contribution is 5.80. The molecule has 0 bridgehead atoms. The van der Waals surface area contributed by atoms with E-state index in [1.807, 2.05) is 37.6 Å². The predicted octanol–water partition coefficient (Wildman–Crippen LogP) is 2.87. The van der Waals surface area contributed by atoms with E-state index in [1.165, 1.54) is 0 Å². The number of benzene rings is 1. The molecule has 1 aliphatic rings. The minimum Gasteiger partial charge on any atom is -0.464 e. The maximum Gasteiger partial charge on any atom is 0.134 e. The summed E-state index contributed by atoms with van der Waals surface area (Å²) in [5.74, 6) is 0. The molecule has 0 spiro atoms. The summed E-state index contributed by atoms with van der Waals surface area (Å²) in [7, 11) is 1.90. The Kier molecular flexibility index (Phi) is 4.55. The summed E-state index contributed by atoms with van der Waals surface area (Å²) in [6.07, 6.45) is 5.48. The highest BCUT2D eigenvalue weighted by Gasteiger charge is 2.31. The molecule has 3 heterocycles. The van der Waals surface area contributed by atoms with Gasteiger partial charge in [-0.25, -0.2) is 4.39 Å². The molecule has 5 nitrogen and oxygen atoms in total. The SMILES string of the molecule is Cn1cc(CN2C[C@@H](F)C[C@H]2CNCc2coc3ccccc23)cn1. The molecule has 2 aromatic heterocycles. The number of likely N-dealkylation sites (tertiary alicyclic amines) is 1. The number of furan rings is 1. The van der Waals surface area contributed by atoms with Gasteiger partial charge in [0.2, 0.25) is 0 Å². The highest BCUT2D eigenvalue weighted by atomic mass is 19.1. The summed E-state index contributed by atoms with van der Waals surface area (Å²) >= 11 is 0. The van der Waals surface area contributed by atoms with Crippen LogP contribution in [0.15, 0.2) is 47.3 Å². The van der Waals surface area contributed by atoms with Crippen LogP contribution in [0, 0.1) is 0 Å². The zero-order chi connectivity index (χ0) is 17.2. The Balaban J connectivity index is 1.36. The van der Waals surface area contributed by atoms with Gasteiger partial charge in [0.1, 0.15) is 11.8 Å². The highest BCUT2D eigenvalue weighted by Crippen LogP contribution is 2.23. The van der Waals surface area contributed by atoms with Crippen LogP contribution in [0.3, 0.4) is 0 Å². The van der Waals surface area contributed by atoms with Crippen molar-refractivity contribution < 1.29 is 8.81 Å². The first kappa shape index (κ1) is 16.3. The normalized spacial score (nSPS) is 21.4. The van der Waals surface area contributed by atoms with E-state index in [1.54, 1.807) is 10.9 Å². The molecule has 0 saturated carbocycles. The number of fused-ring (bicyclic) bond motifs is 1. The Morgan fingerprint density at radius 3 is 3.08 bits per heavy atom. The van der Waals surface area contributed by atoms with Crippen LogP contribution in [0.5, 0.6) is 0 Å². The molecule has 3 aromatic rings. The van der Waals surface area contributed by atoms with Gasteiger partial charge in [-0.1, -0.05) is 18.2 Å². The van der Waals surface area contributed by atoms with Gasteiger partial charge >= 0.3 is 0 Å². The van der Waals surface area contributed by atoms with Crippen LogP contribution >= 0.6 is 0 Å². The minimum absolute atomic E-state index is 0.202. The fourth-order valence-electron chi connectivity index (χ4n) is 3.66. The number of nitrogens with zero attached hydrogens (tertiary/aromatic N) is 3. The molecule has 0 aliphatic carbocycles. The summed E-state index contributed by atoms with van der Waals surface area (Å²) in [4.78, 5) is 2.21. The maximum atomic E-state index is 13.9. The van der Waals surface area contributed by atoms with E-state index in [0.29, 0.717) is 13.0 Å². The Bertz CT molecular complexity index is 843. The Morgan fingerprint density at radius 1 is 1.36 bits per heavy atom. The molecule has 0 radical (unpaired) electrons. The summed E-state index contributed by atoms with van der Waals surface area (Å²) < 4.78 is 21.3. The van der Waals surface area contributed by atoms with E-state index in [0.717, 1.165) is 41.7 Å². The van der Waals surface area contributed by atoms with Crippen molar-refractivity contribution in [1.29, 1.82) is 0 Å². The van der Waals surface area contributed by atoms with Crippen molar-refractivity contribution in [1.82, 2.24) is 20.0 Å². The van der Waals surface area contributed by atoms with Crippen LogP contribution in [0.25, 0.3) is 11.0 Å². The topological polar surface area (TPSA) is 46.2 Å². The van der Waals surface area contributed by atoms with Crippen molar-refractivity contribution in [2.45, 2.75) is 31.7 Å². The standard InChI is InChI=1S/C19H23FN4O/c1-23-10-14(7-22-23)11-24-12-16(20)6-17(24)9-21-8-15-13-25-19-5-3-2-4-18(15)19/h2-5,7,10,13,16-17,21H,6,8-9,11-12H2,1H3/t16-,17-/m0/s1. The predicted molar refractivity (Wildman–Crippen MR) is 94.8 cm³/mol. The van der Waals surface area contributed by atoms with Gasteiger partial charge in [-0.2, -0.15) is 5.10 Å². The summed E-state index contributed by atoms with van der Waals surface area (Å²) in [5, 5.41) is 8.81. The minimum atomic E-state index is -0.752. The zero-order valence-corrected chi connectivity index (χ0v) is 14.4. The van der Waals surface area contributed by atoms with Gasteiger partial charge in [-0.15, -0.1) is 0 Å². The van der Waals surface area contributed by atoms with E-state index in [9.17, 15) is 4.39 Å². The van der Waals surface area contributed by atoms with Gasteiger partial charge in [-0.05, 0) is 12.5 Å². The molecule has 0 unspecified atom stereocenters. The van der Waals surface area contributed by atoms with Crippen molar-refractivity contribution in [3.05, 3.63) is 54.0 Å². The second-order valence-electron chi connectivity index (χ2n) is 6.83. The molecule has 1 N–H and O–H groups in total. The molecule has 1 aromatic carbocycles. The lowest BCUT2D eigenvalue weighted by Crippen LogP contribution is -2.37. The van der Waals surface area contributed by atoms with Gasteiger partial charge in [0, 0.05) is 62.0 Å². The van der Waals surface area contributed by atoms with Crippen LogP contribution in [0.1, 0.15) is 17.5 Å². The van der Waals surface area contributed by atoms with Crippen molar-refractivity contribution in [3.63, 3.8) is 0 Å². The maximum absolute atomic E-state index is 13.9. The van der Waals surface area contributed by atoms with Gasteiger partial charge in [0.15, 0.2) is 0 Å². The molecule has 132 valence electrons. The van der Waals surface area contributed by atoms with E-state index in [2.05, 4.69) is 21.4 Å². The van der Waals surface area contributed by atoms with E-state index in [-0.39, 0.29) is 6.04 Å². The second-order valence-corrected chi connectivity index (χ2v) is 6.83. The number of nitrogens with one attached hydrogen (secondary N) is 1. The molecule has 6 heteroatoms. The van der Waals surface area contributed by atoms with Gasteiger partial charge in [0.25, 0.3) is 0 Å². The smallest absolute Gasteiger partial charge is 0.134 e. The van der Waals surface area contributed by atoms with Gasteiger partial charge < -0.3 is 9.73 Å². The molecule has 1 fully saturated rings. The van der Waals surface area contributed by atoms with Crippen LogP contribution < -0.4 is 5.32 Å². The summed E-state index contributed by atoms with van der Waals surface area (Å²) in [6.45, 7) is 2.73. The molecule has 4 rings (SSSR count). The number of halogens is 1. The fourth-order valence-corrected chi connectivity index (χ4v) is 3.66. The van der Waals surface area contributed by atoms with E-state index in [4.69, 9.17) is 4.42 Å². The lowest BCUT2D eigenvalue weighted by Gasteiger charge is -2.23. The lowest BCUT2D eigenvalue weighted by molar-refractivity contribution is 0.230. The van der Waals surface area contributed by atoms with Crippen LogP contribution in [0.4, 0.5) is 4.39 Å². The lowest BCUT2D eigenvalue weighted by atomic mass is 10.1. The number of alkyl halides is 1. The van der Waals surface area contributed by atoms with E-state index < -0.39 is 6.17 Å². The third-order valence-electron chi connectivity index (χ3n) is 4.88. The van der Waals surface area contributed by atoms with Crippen molar-refractivity contribution >= 4 is 11.0 Å². The molecule has 2 atom stereocenters. The number of aromatic nitrogens is 2. The van der Waals surface area contributed by atoms with Gasteiger partial charge in [-0.3, -0.25) is 9.58 Å². The van der Waals surface area contributed by atoms with Crippen molar-refractivity contribution in [2.75, 3.05) is 13.1 Å². The molecule has 1 aliphatic heterocycles. The first-order valence-corrected chi connectivity index (χ1v) is 8.70. The quantitative estimate of drug-likeness (QED) is 0.748. The third kappa shape index (κ3) is 3.60. The van der Waals surface area contributed by atoms with Crippen LogP contribution in [0.2, 0.25) is 0 Å². The Labute approximate surface area is 146 Å². The molecular formula is C19H23FN4O. The average molecular weight is 342 g/mol. The average Bonchev–Trinajstić information content (AvgIpc) is 3.28. The molecule has 1 saturated heterocycles. The van der Waals surface area contributed by atoms with Crippen molar-refractivity contribution in [3.8, 4) is 0 Å². The number of hydrogen-bond donors (Lipinski definition) is 1. The van der Waals surface area contributed by atoms with Crippen LogP contribution in [-0.4, -0.2) is 40.0 Å². The number of hydrogen-bond acceptors (Lipinski definition) is 4. The first-order chi connectivity index (χ1) is 12.2. The van der Waals surface area contributed by atoms with Crippen molar-refractivity contribution in [2.24, 2.45) is 7.05 Å². The van der Waals surface area contributed by atoms with Crippen LogP contribution in [-0.2, 0) is 20.1 Å². The third-order valence-corrected chi connectivity index (χ3v) is 4.88. The Hall–Kier alpha value is -2.18. The fraction of sp³-hybridized carbons (Fsp3) is 0.421. The number of rotatable bonds is 6.